The molecule has 0 radical (unpaired) electrons. The zero-order valence-corrected chi connectivity index (χ0v) is 24.7. The number of hydrogen-bond donors (Lipinski definition) is 1. The van der Waals surface area contributed by atoms with Gasteiger partial charge >= 0.3 is 6.09 Å². The third-order valence-electron chi connectivity index (χ3n) is 6.68. The average Bonchev–Trinajstić information content (AvgIpc) is 2.80. The Labute approximate surface area is 234 Å². The van der Waals surface area contributed by atoms with E-state index in [0.29, 0.717) is 30.3 Å². The van der Waals surface area contributed by atoms with Crippen molar-refractivity contribution in [3.63, 3.8) is 0 Å². The van der Waals surface area contributed by atoms with Crippen LogP contribution in [0.2, 0.25) is 10.2 Å². The first-order chi connectivity index (χ1) is 17.7. The Bertz CT molecular complexity index is 1260. The van der Waals surface area contributed by atoms with Gasteiger partial charge in [-0.3, -0.25) is 9.88 Å². The molecule has 2 aliphatic rings. The van der Waals surface area contributed by atoms with Crippen LogP contribution in [-0.2, 0) is 4.74 Å². The van der Waals surface area contributed by atoms with Crippen LogP contribution in [-0.4, -0.2) is 73.9 Å². The number of aliphatic hydroxyl groups is 1. The molecular weight excluding hydrogens is 527 g/mol. The number of pyridine rings is 2. The van der Waals surface area contributed by atoms with E-state index in [-0.39, 0.29) is 34.3 Å². The molecule has 0 spiro atoms. The Balaban J connectivity index is 1.77. The number of aliphatic hydroxyl groups excluding tert-OH is 1. The average molecular weight is 564 g/mol. The van der Waals surface area contributed by atoms with E-state index in [0.717, 1.165) is 16.9 Å². The van der Waals surface area contributed by atoms with Crippen LogP contribution in [0.3, 0.4) is 0 Å². The smallest absolute Gasteiger partial charge is 0.410 e. The van der Waals surface area contributed by atoms with Crippen molar-refractivity contribution in [1.29, 1.82) is 0 Å². The summed E-state index contributed by atoms with van der Waals surface area (Å²) in [6, 6.07) is 3.35. The van der Waals surface area contributed by atoms with Gasteiger partial charge in [-0.05, 0) is 65.2 Å². The molecule has 1 N–H and O–H groups in total. The van der Waals surface area contributed by atoms with E-state index < -0.39 is 12.0 Å². The number of carbonyl (C=O) groups is 1. The second kappa shape index (κ2) is 10.5. The summed E-state index contributed by atoms with van der Waals surface area (Å²) in [5.74, 6) is 1.09. The van der Waals surface area contributed by atoms with Gasteiger partial charge in [0.05, 0.1) is 22.0 Å². The third-order valence-corrected chi connectivity index (χ3v) is 7.35. The topological polar surface area (TPSA) is 94.4 Å². The molecule has 2 aliphatic heterocycles. The number of amides is 1. The molecule has 38 heavy (non-hydrogen) atoms. The molecule has 2 aromatic heterocycles. The maximum absolute atomic E-state index is 12.9. The molecule has 0 aromatic carbocycles. The number of aromatic nitrogens is 2. The molecule has 0 bridgehead atoms. The standard InChI is InChI=1S/C27H36Cl2N6O3/c1-14(2)20-21(15(3)9-10-30-20)35-24-18(11-19(28)22(29)31-24)23(32-25(35)36)33-12-17(5)34(13-16(33)4)26(37)38-27(6,7)8/h9-11,14,16-17,25,36H,12-13H2,1-8H3/t16-,17+,25?/m0/s1. The highest BCUT2D eigenvalue weighted by Crippen LogP contribution is 2.41. The van der Waals surface area contributed by atoms with Crippen molar-refractivity contribution in [2.45, 2.75) is 85.3 Å². The summed E-state index contributed by atoms with van der Waals surface area (Å²) < 4.78 is 5.63. The highest BCUT2D eigenvalue weighted by atomic mass is 35.5. The largest absolute Gasteiger partial charge is 0.444 e. The van der Waals surface area contributed by atoms with E-state index >= 15 is 0 Å². The van der Waals surface area contributed by atoms with Crippen molar-refractivity contribution in [1.82, 2.24) is 19.8 Å². The molecule has 1 unspecified atom stereocenters. The molecule has 2 aromatic rings. The number of amidine groups is 1. The highest BCUT2D eigenvalue weighted by Gasteiger charge is 2.40. The minimum Gasteiger partial charge on any atom is -0.444 e. The van der Waals surface area contributed by atoms with Gasteiger partial charge in [0.2, 0.25) is 6.35 Å². The van der Waals surface area contributed by atoms with Crippen molar-refractivity contribution in [2.75, 3.05) is 18.0 Å². The molecule has 11 heteroatoms. The number of halogens is 2. The van der Waals surface area contributed by atoms with Gasteiger partial charge in [0, 0.05) is 31.4 Å². The molecule has 206 valence electrons. The van der Waals surface area contributed by atoms with Crippen LogP contribution in [0.5, 0.6) is 0 Å². The Kier molecular flexibility index (Phi) is 7.85. The summed E-state index contributed by atoms with van der Waals surface area (Å²) in [6.45, 7) is 16.5. The van der Waals surface area contributed by atoms with Gasteiger partial charge in [0.15, 0.2) is 0 Å². The zero-order valence-electron chi connectivity index (χ0n) is 23.2. The van der Waals surface area contributed by atoms with Crippen molar-refractivity contribution in [3.05, 3.63) is 45.3 Å². The van der Waals surface area contributed by atoms with Crippen LogP contribution < -0.4 is 4.90 Å². The lowest BCUT2D eigenvalue weighted by atomic mass is 10.0. The number of aliphatic imine (C=N–C) groups is 1. The van der Waals surface area contributed by atoms with E-state index in [2.05, 4.69) is 14.9 Å². The van der Waals surface area contributed by atoms with Gasteiger partial charge < -0.3 is 19.6 Å². The summed E-state index contributed by atoms with van der Waals surface area (Å²) in [5.41, 5.74) is 2.54. The molecule has 4 rings (SSSR count). The predicted octanol–water partition coefficient (Wildman–Crippen LogP) is 5.72. The first-order valence-electron chi connectivity index (χ1n) is 12.8. The van der Waals surface area contributed by atoms with Crippen LogP contribution in [0, 0.1) is 6.92 Å². The van der Waals surface area contributed by atoms with Gasteiger partial charge in [-0.2, -0.15) is 0 Å². The molecular formula is C27H36Cl2N6O3. The highest BCUT2D eigenvalue weighted by molar-refractivity contribution is 6.41. The molecule has 1 amide bonds. The van der Waals surface area contributed by atoms with Gasteiger partial charge in [0.1, 0.15) is 22.4 Å². The van der Waals surface area contributed by atoms with Crippen LogP contribution in [0.15, 0.2) is 23.3 Å². The summed E-state index contributed by atoms with van der Waals surface area (Å²) >= 11 is 12.9. The van der Waals surface area contributed by atoms with E-state index in [1.807, 2.05) is 61.5 Å². The van der Waals surface area contributed by atoms with E-state index in [9.17, 15) is 9.90 Å². The first-order valence-corrected chi connectivity index (χ1v) is 13.6. The Hall–Kier alpha value is -2.62. The van der Waals surface area contributed by atoms with Crippen molar-refractivity contribution < 1.29 is 14.6 Å². The Morgan fingerprint density at radius 3 is 2.50 bits per heavy atom. The summed E-state index contributed by atoms with van der Waals surface area (Å²) in [6.07, 6.45) is 0.141. The van der Waals surface area contributed by atoms with Crippen molar-refractivity contribution in [2.24, 2.45) is 4.99 Å². The lowest BCUT2D eigenvalue weighted by Gasteiger charge is -2.47. The third kappa shape index (κ3) is 5.42. The Morgan fingerprint density at radius 1 is 1.18 bits per heavy atom. The van der Waals surface area contributed by atoms with E-state index in [1.165, 1.54) is 0 Å². The number of piperazine rings is 1. The number of anilines is 2. The van der Waals surface area contributed by atoms with Crippen LogP contribution in [0.4, 0.5) is 16.3 Å². The molecule has 9 nitrogen and oxygen atoms in total. The predicted molar refractivity (Wildman–Crippen MR) is 151 cm³/mol. The van der Waals surface area contributed by atoms with Crippen molar-refractivity contribution >= 4 is 46.6 Å². The Morgan fingerprint density at radius 2 is 1.87 bits per heavy atom. The summed E-state index contributed by atoms with van der Waals surface area (Å²) in [5, 5.41) is 11.9. The normalized spacial score (nSPS) is 21.9. The second-order valence-electron chi connectivity index (χ2n) is 11.3. The van der Waals surface area contributed by atoms with Crippen LogP contribution >= 0.6 is 23.2 Å². The number of rotatable bonds is 2. The van der Waals surface area contributed by atoms with E-state index in [1.54, 1.807) is 22.1 Å². The van der Waals surface area contributed by atoms with Crippen LogP contribution in [0.1, 0.15) is 71.2 Å². The summed E-state index contributed by atoms with van der Waals surface area (Å²) in [7, 11) is 0. The summed E-state index contributed by atoms with van der Waals surface area (Å²) in [4.78, 5) is 32.3. The second-order valence-corrected chi connectivity index (χ2v) is 12.1. The number of fused-ring (bicyclic) bond motifs is 1. The van der Waals surface area contributed by atoms with E-state index in [4.69, 9.17) is 32.9 Å². The number of nitrogens with zero attached hydrogens (tertiary/aromatic N) is 6. The lowest BCUT2D eigenvalue weighted by molar-refractivity contribution is 0.000242. The molecule has 3 atom stereocenters. The molecule has 1 saturated heterocycles. The van der Waals surface area contributed by atoms with Gasteiger partial charge in [-0.1, -0.05) is 37.0 Å². The van der Waals surface area contributed by atoms with Gasteiger partial charge in [0.25, 0.3) is 0 Å². The molecule has 1 fully saturated rings. The number of aryl methyl sites for hydroxylation is 1. The monoisotopic (exact) mass is 562 g/mol. The van der Waals surface area contributed by atoms with Gasteiger partial charge in [-0.25, -0.2) is 14.8 Å². The SMILES string of the molecule is Cc1ccnc(C(C)C)c1N1c2nc(Cl)c(Cl)cc2C(N2C[C@@H](C)N(C(=O)OC(C)(C)C)C[C@@H]2C)=NC1O. The minimum atomic E-state index is -1.27. The molecule has 0 aliphatic carbocycles. The fraction of sp³-hybridized carbons (Fsp3) is 0.556. The first kappa shape index (κ1) is 28.4. The zero-order chi connectivity index (χ0) is 28.1. The van der Waals surface area contributed by atoms with Gasteiger partial charge in [-0.15, -0.1) is 0 Å². The number of ether oxygens (including phenoxy) is 1. The van der Waals surface area contributed by atoms with Crippen molar-refractivity contribution in [3.8, 4) is 0 Å². The fourth-order valence-electron chi connectivity index (χ4n) is 4.91. The lowest BCUT2D eigenvalue weighted by Crippen LogP contribution is -2.61. The fourth-order valence-corrected chi connectivity index (χ4v) is 5.19. The number of carbonyl (C=O) groups excluding carboxylic acids is 1. The number of hydrogen-bond acceptors (Lipinski definition) is 8. The maximum Gasteiger partial charge on any atom is 0.410 e. The molecule has 4 heterocycles. The molecule has 0 saturated carbocycles. The maximum atomic E-state index is 12.9. The van der Waals surface area contributed by atoms with Crippen LogP contribution in [0.25, 0.3) is 0 Å². The minimum absolute atomic E-state index is 0.0931. The quantitative estimate of drug-likeness (QED) is 0.467.